The van der Waals surface area contributed by atoms with E-state index in [9.17, 15) is 4.79 Å². The molecule has 0 radical (unpaired) electrons. The van der Waals surface area contributed by atoms with Crippen LogP contribution in [0.3, 0.4) is 0 Å². The normalized spacial score (nSPS) is 12.0. The smallest absolute Gasteiger partial charge is 0.222 e. The highest BCUT2D eigenvalue weighted by Crippen LogP contribution is 2.35. The van der Waals surface area contributed by atoms with E-state index in [0.29, 0.717) is 44.3 Å². The second-order valence-electron chi connectivity index (χ2n) is 6.94. The molecule has 2 N–H and O–H groups in total. The molecule has 3 aromatic rings. The highest BCUT2D eigenvalue weighted by Gasteiger charge is 2.21. The number of ether oxygens (including phenoxy) is 3. The Balaban J connectivity index is 1.91. The minimum atomic E-state index is -0.0400. The molecule has 1 atom stereocenters. The van der Waals surface area contributed by atoms with E-state index >= 15 is 0 Å². The summed E-state index contributed by atoms with van der Waals surface area (Å²) < 4.78 is 16.5. The van der Waals surface area contributed by atoms with E-state index < -0.39 is 0 Å². The van der Waals surface area contributed by atoms with Crippen molar-refractivity contribution in [1.82, 2.24) is 10.3 Å². The summed E-state index contributed by atoms with van der Waals surface area (Å²) >= 11 is 0. The maximum Gasteiger partial charge on any atom is 0.222 e. The van der Waals surface area contributed by atoms with Crippen molar-refractivity contribution in [2.45, 2.75) is 26.2 Å². The molecule has 0 saturated heterocycles. The number of amides is 1. The molecule has 1 unspecified atom stereocenters. The van der Waals surface area contributed by atoms with Crippen molar-refractivity contribution in [3.8, 4) is 11.5 Å². The number of aromatic nitrogens is 1. The van der Waals surface area contributed by atoms with E-state index in [1.165, 1.54) is 0 Å². The van der Waals surface area contributed by atoms with Gasteiger partial charge in [-0.15, -0.1) is 0 Å². The molecule has 1 heterocycles. The summed E-state index contributed by atoms with van der Waals surface area (Å²) in [5, 5.41) is 4.20. The van der Waals surface area contributed by atoms with E-state index in [4.69, 9.17) is 14.2 Å². The van der Waals surface area contributed by atoms with Crippen LogP contribution in [0, 0.1) is 0 Å². The summed E-state index contributed by atoms with van der Waals surface area (Å²) in [6.45, 7) is 5.94. The summed E-state index contributed by atoms with van der Waals surface area (Å²) in [7, 11) is 1.64. The van der Waals surface area contributed by atoms with E-state index in [1.807, 2.05) is 50.4 Å². The number of aromatic amines is 1. The Kier molecular flexibility index (Phi) is 7.74. The maximum atomic E-state index is 12.3. The molecular formula is C24H30N2O4. The van der Waals surface area contributed by atoms with Crippen LogP contribution in [0.1, 0.15) is 37.3 Å². The third-order valence-electron chi connectivity index (χ3n) is 5.07. The van der Waals surface area contributed by atoms with Gasteiger partial charge in [-0.05, 0) is 43.2 Å². The van der Waals surface area contributed by atoms with Crippen LogP contribution in [0.25, 0.3) is 10.9 Å². The van der Waals surface area contributed by atoms with E-state index in [0.717, 1.165) is 22.0 Å². The van der Waals surface area contributed by atoms with Crippen LogP contribution in [0.5, 0.6) is 11.5 Å². The number of nitrogens with one attached hydrogen (secondary N) is 2. The van der Waals surface area contributed by atoms with Crippen LogP contribution in [0.4, 0.5) is 0 Å². The van der Waals surface area contributed by atoms with Crippen molar-refractivity contribution in [1.29, 1.82) is 0 Å². The van der Waals surface area contributed by atoms with Gasteiger partial charge in [0, 0.05) is 42.6 Å². The van der Waals surface area contributed by atoms with Crippen LogP contribution < -0.4 is 14.8 Å². The lowest BCUT2D eigenvalue weighted by molar-refractivity contribution is -0.122. The average molecular weight is 411 g/mol. The van der Waals surface area contributed by atoms with Gasteiger partial charge in [0.05, 0.1) is 20.3 Å². The molecular weight excluding hydrogens is 380 g/mol. The van der Waals surface area contributed by atoms with Crippen LogP contribution in [0.15, 0.2) is 48.7 Å². The number of H-pyrrole nitrogens is 1. The van der Waals surface area contributed by atoms with Crippen LogP contribution in [0.2, 0.25) is 0 Å². The van der Waals surface area contributed by atoms with Gasteiger partial charge in [-0.2, -0.15) is 0 Å². The maximum absolute atomic E-state index is 12.3. The summed E-state index contributed by atoms with van der Waals surface area (Å²) in [5.74, 6) is 1.33. The number of methoxy groups -OCH3 is 1. The minimum absolute atomic E-state index is 0.0220. The number of para-hydroxylation sites is 1. The monoisotopic (exact) mass is 410 g/mol. The number of hydrogen-bond acceptors (Lipinski definition) is 4. The zero-order chi connectivity index (χ0) is 21.3. The SMILES string of the molecule is CCOCCC(=O)NCC(c1ccc(OCC)c(OC)c1)c1c[nH]c2ccccc12. The van der Waals surface area contributed by atoms with Gasteiger partial charge in [0.1, 0.15) is 0 Å². The molecule has 0 aliphatic heterocycles. The van der Waals surface area contributed by atoms with Gasteiger partial charge in [0.2, 0.25) is 5.91 Å². The Bertz CT molecular complexity index is 967. The number of benzene rings is 2. The molecule has 0 saturated carbocycles. The van der Waals surface area contributed by atoms with Crippen molar-refractivity contribution in [3.63, 3.8) is 0 Å². The molecule has 6 nitrogen and oxygen atoms in total. The Hall–Kier alpha value is -2.99. The predicted molar refractivity (Wildman–Crippen MR) is 118 cm³/mol. The first-order valence-electron chi connectivity index (χ1n) is 10.4. The molecule has 0 aliphatic carbocycles. The van der Waals surface area contributed by atoms with E-state index in [1.54, 1.807) is 7.11 Å². The molecule has 1 amide bonds. The highest BCUT2D eigenvalue weighted by molar-refractivity contribution is 5.84. The zero-order valence-electron chi connectivity index (χ0n) is 17.9. The molecule has 0 spiro atoms. The van der Waals surface area contributed by atoms with Gasteiger partial charge >= 0.3 is 0 Å². The second-order valence-corrected chi connectivity index (χ2v) is 6.94. The van der Waals surface area contributed by atoms with Crippen molar-refractivity contribution in [2.75, 3.05) is 33.5 Å². The first-order valence-corrected chi connectivity index (χ1v) is 10.4. The zero-order valence-corrected chi connectivity index (χ0v) is 17.9. The number of fused-ring (bicyclic) bond motifs is 1. The first kappa shape index (κ1) is 21.7. The Morgan fingerprint density at radius 2 is 1.93 bits per heavy atom. The lowest BCUT2D eigenvalue weighted by Crippen LogP contribution is -2.29. The average Bonchev–Trinajstić information content (AvgIpc) is 3.19. The molecule has 2 aromatic carbocycles. The van der Waals surface area contributed by atoms with Gasteiger partial charge < -0.3 is 24.5 Å². The Morgan fingerprint density at radius 3 is 2.70 bits per heavy atom. The standard InChI is InChI=1S/C24H30N2O4/c1-4-29-13-12-24(27)26-15-19(20-16-25-21-9-7-6-8-18(20)21)17-10-11-22(30-5-2)23(14-17)28-3/h6-11,14,16,19,25H,4-5,12-13,15H2,1-3H3,(H,26,27). The molecule has 30 heavy (non-hydrogen) atoms. The fourth-order valence-electron chi connectivity index (χ4n) is 3.58. The van der Waals surface area contributed by atoms with Gasteiger partial charge in [-0.25, -0.2) is 0 Å². The molecule has 0 fully saturated rings. The summed E-state index contributed by atoms with van der Waals surface area (Å²) in [5.41, 5.74) is 3.24. The molecule has 1 aromatic heterocycles. The number of hydrogen-bond donors (Lipinski definition) is 2. The quantitative estimate of drug-likeness (QED) is 0.464. The molecule has 6 heteroatoms. The topological polar surface area (TPSA) is 72.6 Å². The lowest BCUT2D eigenvalue weighted by Gasteiger charge is -2.20. The van der Waals surface area contributed by atoms with Gasteiger partial charge in [-0.3, -0.25) is 4.79 Å². The van der Waals surface area contributed by atoms with Crippen LogP contribution in [-0.4, -0.2) is 44.4 Å². The summed E-state index contributed by atoms with van der Waals surface area (Å²) in [6, 6.07) is 14.1. The van der Waals surface area contributed by atoms with Crippen LogP contribution >= 0.6 is 0 Å². The third-order valence-corrected chi connectivity index (χ3v) is 5.07. The van der Waals surface area contributed by atoms with Crippen molar-refractivity contribution in [2.24, 2.45) is 0 Å². The third kappa shape index (κ3) is 5.13. The van der Waals surface area contributed by atoms with E-state index in [-0.39, 0.29) is 11.8 Å². The first-order chi connectivity index (χ1) is 14.7. The summed E-state index contributed by atoms with van der Waals surface area (Å²) in [6.07, 6.45) is 2.37. The number of rotatable bonds is 11. The van der Waals surface area contributed by atoms with Crippen molar-refractivity contribution < 1.29 is 19.0 Å². The van der Waals surface area contributed by atoms with E-state index in [2.05, 4.69) is 22.4 Å². The molecule has 160 valence electrons. The van der Waals surface area contributed by atoms with Crippen LogP contribution in [-0.2, 0) is 9.53 Å². The highest BCUT2D eigenvalue weighted by atomic mass is 16.5. The van der Waals surface area contributed by atoms with Crippen molar-refractivity contribution in [3.05, 3.63) is 59.8 Å². The molecule has 3 rings (SSSR count). The van der Waals surface area contributed by atoms with Gasteiger partial charge in [0.25, 0.3) is 0 Å². The largest absolute Gasteiger partial charge is 0.493 e. The Morgan fingerprint density at radius 1 is 1.10 bits per heavy atom. The van der Waals surface area contributed by atoms with Gasteiger partial charge in [0.15, 0.2) is 11.5 Å². The summed E-state index contributed by atoms with van der Waals surface area (Å²) in [4.78, 5) is 15.6. The number of carbonyl (C=O) groups is 1. The predicted octanol–water partition coefficient (Wildman–Crippen LogP) is 4.25. The number of carbonyl (C=O) groups excluding carboxylic acids is 1. The lowest BCUT2D eigenvalue weighted by atomic mass is 9.90. The molecule has 0 bridgehead atoms. The second kappa shape index (κ2) is 10.7. The molecule has 0 aliphatic rings. The fraction of sp³-hybridized carbons (Fsp3) is 0.375. The van der Waals surface area contributed by atoms with Crippen molar-refractivity contribution >= 4 is 16.8 Å². The Labute approximate surface area is 177 Å². The fourth-order valence-corrected chi connectivity index (χ4v) is 3.58. The van der Waals surface area contributed by atoms with Gasteiger partial charge in [-0.1, -0.05) is 24.3 Å². The minimum Gasteiger partial charge on any atom is -0.493 e.